The highest BCUT2D eigenvalue weighted by Gasteiger charge is 2.23. The quantitative estimate of drug-likeness (QED) is 0.865. The first kappa shape index (κ1) is 12.6. The normalized spacial score (nSPS) is 18.5. The highest BCUT2D eigenvalue weighted by atomic mass is 15.2. The lowest BCUT2D eigenvalue weighted by Crippen LogP contribution is -2.28. The summed E-state index contributed by atoms with van der Waals surface area (Å²) in [6, 6.07) is 7.31. The molecule has 1 aromatic carbocycles. The van der Waals surface area contributed by atoms with Crippen molar-refractivity contribution in [1.82, 2.24) is 4.90 Å². The van der Waals surface area contributed by atoms with Crippen LogP contribution in [0.15, 0.2) is 18.2 Å². The Hall–Kier alpha value is -0.860. The Labute approximate surface area is 105 Å². The number of hydrogen-bond donors (Lipinski definition) is 1. The average Bonchev–Trinajstić information content (AvgIpc) is 2.83. The fraction of sp³-hybridized carbons (Fsp3) is 0.600. The maximum absolute atomic E-state index is 5.80. The van der Waals surface area contributed by atoms with E-state index in [0.717, 1.165) is 13.0 Å². The molecule has 1 heterocycles. The molecule has 94 valence electrons. The minimum atomic E-state index is 0.530. The predicted octanol–water partition coefficient (Wildman–Crippen LogP) is 2.79. The Bertz CT molecular complexity index is 367. The summed E-state index contributed by atoms with van der Waals surface area (Å²) >= 11 is 0. The van der Waals surface area contributed by atoms with Gasteiger partial charge in [0, 0.05) is 6.04 Å². The van der Waals surface area contributed by atoms with Crippen LogP contribution in [-0.2, 0) is 0 Å². The van der Waals surface area contributed by atoms with E-state index in [1.165, 1.54) is 42.6 Å². The van der Waals surface area contributed by atoms with Crippen molar-refractivity contribution in [2.75, 3.05) is 19.6 Å². The van der Waals surface area contributed by atoms with Crippen LogP contribution in [-0.4, -0.2) is 24.5 Å². The van der Waals surface area contributed by atoms with Crippen molar-refractivity contribution in [3.8, 4) is 0 Å². The van der Waals surface area contributed by atoms with Gasteiger partial charge in [-0.1, -0.05) is 23.8 Å². The molecule has 0 amide bonds. The zero-order chi connectivity index (χ0) is 12.3. The molecule has 0 saturated carbocycles. The number of nitrogens with zero attached hydrogens (tertiary/aromatic N) is 1. The molecular formula is C15H24N2. The van der Waals surface area contributed by atoms with Gasteiger partial charge in [0.2, 0.25) is 0 Å². The van der Waals surface area contributed by atoms with Gasteiger partial charge in [-0.3, -0.25) is 4.90 Å². The van der Waals surface area contributed by atoms with Crippen molar-refractivity contribution in [2.45, 2.75) is 39.2 Å². The largest absolute Gasteiger partial charge is 0.330 e. The van der Waals surface area contributed by atoms with Crippen LogP contribution in [0.25, 0.3) is 0 Å². The Morgan fingerprint density at radius 1 is 1.24 bits per heavy atom. The minimum absolute atomic E-state index is 0.530. The van der Waals surface area contributed by atoms with Gasteiger partial charge in [0.25, 0.3) is 0 Å². The minimum Gasteiger partial charge on any atom is -0.330 e. The van der Waals surface area contributed by atoms with E-state index < -0.39 is 0 Å². The summed E-state index contributed by atoms with van der Waals surface area (Å²) in [7, 11) is 0. The zero-order valence-corrected chi connectivity index (χ0v) is 11.1. The summed E-state index contributed by atoms with van der Waals surface area (Å²) in [5.41, 5.74) is 10.0. The third-order valence-electron chi connectivity index (χ3n) is 3.82. The van der Waals surface area contributed by atoms with Crippen molar-refractivity contribution >= 4 is 0 Å². The second-order valence-electron chi connectivity index (χ2n) is 5.20. The van der Waals surface area contributed by atoms with Gasteiger partial charge in [-0.05, 0) is 63.9 Å². The topological polar surface area (TPSA) is 29.3 Å². The molecule has 1 aromatic rings. The summed E-state index contributed by atoms with van der Waals surface area (Å²) in [6.45, 7) is 7.63. The van der Waals surface area contributed by atoms with Gasteiger partial charge in [0.05, 0.1) is 0 Å². The molecule has 0 aromatic heterocycles. The summed E-state index contributed by atoms with van der Waals surface area (Å²) in [5.74, 6) is 0. The molecule has 17 heavy (non-hydrogen) atoms. The van der Waals surface area contributed by atoms with Crippen LogP contribution >= 0.6 is 0 Å². The zero-order valence-electron chi connectivity index (χ0n) is 11.1. The SMILES string of the molecule is Cc1ccc(C)c(C(CCN)N2CCCC2)c1. The lowest BCUT2D eigenvalue weighted by atomic mass is 9.95. The predicted molar refractivity (Wildman–Crippen MR) is 73.1 cm³/mol. The lowest BCUT2D eigenvalue weighted by Gasteiger charge is -2.29. The molecule has 1 fully saturated rings. The average molecular weight is 232 g/mol. The molecule has 0 aliphatic carbocycles. The molecular weight excluding hydrogens is 208 g/mol. The fourth-order valence-corrected chi connectivity index (χ4v) is 2.86. The number of benzene rings is 1. The molecule has 2 nitrogen and oxygen atoms in total. The van der Waals surface area contributed by atoms with E-state index >= 15 is 0 Å². The molecule has 0 radical (unpaired) electrons. The molecule has 2 N–H and O–H groups in total. The third kappa shape index (κ3) is 2.88. The maximum atomic E-state index is 5.80. The molecule has 1 saturated heterocycles. The van der Waals surface area contributed by atoms with E-state index in [4.69, 9.17) is 5.73 Å². The highest BCUT2D eigenvalue weighted by molar-refractivity contribution is 5.33. The van der Waals surface area contributed by atoms with E-state index in [2.05, 4.69) is 36.9 Å². The molecule has 0 spiro atoms. The van der Waals surface area contributed by atoms with Gasteiger partial charge in [-0.25, -0.2) is 0 Å². The van der Waals surface area contributed by atoms with Crippen LogP contribution in [0.2, 0.25) is 0 Å². The molecule has 0 bridgehead atoms. The van der Waals surface area contributed by atoms with Crippen molar-refractivity contribution < 1.29 is 0 Å². The molecule has 1 aliphatic rings. The third-order valence-corrected chi connectivity index (χ3v) is 3.82. The molecule has 2 rings (SSSR count). The van der Waals surface area contributed by atoms with E-state index in [0.29, 0.717) is 6.04 Å². The van der Waals surface area contributed by atoms with E-state index in [1.807, 2.05) is 0 Å². The van der Waals surface area contributed by atoms with E-state index in [1.54, 1.807) is 0 Å². The Balaban J connectivity index is 2.27. The van der Waals surface area contributed by atoms with Crippen LogP contribution < -0.4 is 5.73 Å². The van der Waals surface area contributed by atoms with Crippen LogP contribution in [0.3, 0.4) is 0 Å². The Morgan fingerprint density at radius 2 is 1.94 bits per heavy atom. The molecule has 2 heteroatoms. The first-order valence-corrected chi connectivity index (χ1v) is 6.73. The Morgan fingerprint density at radius 3 is 2.59 bits per heavy atom. The molecule has 1 atom stereocenters. The first-order valence-electron chi connectivity index (χ1n) is 6.73. The van der Waals surface area contributed by atoms with Crippen LogP contribution in [0.1, 0.15) is 42.0 Å². The number of hydrogen-bond acceptors (Lipinski definition) is 2. The van der Waals surface area contributed by atoms with Gasteiger partial charge in [0.15, 0.2) is 0 Å². The lowest BCUT2D eigenvalue weighted by molar-refractivity contribution is 0.235. The summed E-state index contributed by atoms with van der Waals surface area (Å²) < 4.78 is 0. The van der Waals surface area contributed by atoms with Crippen molar-refractivity contribution in [2.24, 2.45) is 5.73 Å². The van der Waals surface area contributed by atoms with Crippen molar-refractivity contribution in [1.29, 1.82) is 0 Å². The van der Waals surface area contributed by atoms with Crippen LogP contribution in [0.5, 0.6) is 0 Å². The van der Waals surface area contributed by atoms with Crippen LogP contribution in [0, 0.1) is 13.8 Å². The molecule has 1 aliphatic heterocycles. The Kier molecular flexibility index (Phi) is 4.19. The number of nitrogens with two attached hydrogens (primary N) is 1. The number of aryl methyl sites for hydroxylation is 2. The first-order chi connectivity index (χ1) is 8.22. The highest BCUT2D eigenvalue weighted by Crippen LogP contribution is 2.30. The molecule has 1 unspecified atom stereocenters. The maximum Gasteiger partial charge on any atom is 0.0362 e. The van der Waals surface area contributed by atoms with Crippen molar-refractivity contribution in [3.05, 3.63) is 34.9 Å². The van der Waals surface area contributed by atoms with Gasteiger partial charge in [-0.2, -0.15) is 0 Å². The van der Waals surface area contributed by atoms with Gasteiger partial charge in [-0.15, -0.1) is 0 Å². The summed E-state index contributed by atoms with van der Waals surface area (Å²) in [6.07, 6.45) is 3.75. The van der Waals surface area contributed by atoms with Crippen molar-refractivity contribution in [3.63, 3.8) is 0 Å². The van der Waals surface area contributed by atoms with Gasteiger partial charge in [0.1, 0.15) is 0 Å². The van der Waals surface area contributed by atoms with Crippen LogP contribution in [0.4, 0.5) is 0 Å². The van der Waals surface area contributed by atoms with Gasteiger partial charge >= 0.3 is 0 Å². The second kappa shape index (κ2) is 5.65. The van der Waals surface area contributed by atoms with Gasteiger partial charge < -0.3 is 5.73 Å². The number of rotatable bonds is 4. The van der Waals surface area contributed by atoms with E-state index in [9.17, 15) is 0 Å². The van der Waals surface area contributed by atoms with E-state index in [-0.39, 0.29) is 0 Å². The monoisotopic (exact) mass is 232 g/mol. The summed E-state index contributed by atoms with van der Waals surface area (Å²) in [4.78, 5) is 2.61. The smallest absolute Gasteiger partial charge is 0.0362 e. The fourth-order valence-electron chi connectivity index (χ4n) is 2.86. The standard InChI is InChI=1S/C15H24N2/c1-12-5-6-13(2)14(11-12)15(7-8-16)17-9-3-4-10-17/h5-6,11,15H,3-4,7-10,16H2,1-2H3. The summed E-state index contributed by atoms with van der Waals surface area (Å²) in [5, 5.41) is 0. The second-order valence-corrected chi connectivity index (χ2v) is 5.20. The number of likely N-dealkylation sites (tertiary alicyclic amines) is 1.